The number of ether oxygens (including phenoxy) is 3. The van der Waals surface area contributed by atoms with Crippen LogP contribution in [0.4, 0.5) is 5.69 Å². The van der Waals surface area contributed by atoms with Crippen molar-refractivity contribution in [3.8, 4) is 23.3 Å². The van der Waals surface area contributed by atoms with E-state index >= 15 is 0 Å². The quantitative estimate of drug-likeness (QED) is 0.334. The molecule has 0 heterocycles. The lowest BCUT2D eigenvalue weighted by Gasteiger charge is -2.12. The summed E-state index contributed by atoms with van der Waals surface area (Å²) in [7, 11) is 1.57. The van der Waals surface area contributed by atoms with Crippen molar-refractivity contribution in [1.29, 1.82) is 5.26 Å². The van der Waals surface area contributed by atoms with Crippen LogP contribution in [0, 0.1) is 11.3 Å². The van der Waals surface area contributed by atoms with Crippen molar-refractivity contribution in [2.45, 2.75) is 20.3 Å². The number of nitriles is 1. The molecule has 30 heavy (non-hydrogen) atoms. The van der Waals surface area contributed by atoms with Crippen LogP contribution in [0.15, 0.2) is 54.2 Å². The number of benzene rings is 2. The van der Waals surface area contributed by atoms with Gasteiger partial charge in [-0.15, -0.1) is 0 Å². The largest absolute Gasteiger partial charge is 0.497 e. The number of methoxy groups -OCH3 is 1. The first kappa shape index (κ1) is 22.6. The van der Waals surface area contributed by atoms with Gasteiger partial charge in [0.15, 0.2) is 11.5 Å². The maximum Gasteiger partial charge on any atom is 0.267 e. The van der Waals surface area contributed by atoms with E-state index < -0.39 is 5.91 Å². The molecule has 1 amide bonds. The van der Waals surface area contributed by atoms with E-state index in [1.165, 1.54) is 6.20 Å². The van der Waals surface area contributed by atoms with Crippen LogP contribution >= 0.6 is 0 Å². The normalized spacial score (nSPS) is 10.7. The molecule has 0 radical (unpaired) electrons. The van der Waals surface area contributed by atoms with E-state index in [1.54, 1.807) is 31.4 Å². The van der Waals surface area contributed by atoms with E-state index in [0.717, 1.165) is 11.3 Å². The number of nitrogens with one attached hydrogen (secondary N) is 2. The van der Waals surface area contributed by atoms with Gasteiger partial charge in [-0.25, -0.2) is 0 Å². The Balaban J connectivity index is 1.91. The van der Waals surface area contributed by atoms with Crippen LogP contribution in [-0.4, -0.2) is 32.8 Å². The van der Waals surface area contributed by atoms with Gasteiger partial charge in [-0.1, -0.05) is 6.07 Å². The summed E-state index contributed by atoms with van der Waals surface area (Å²) in [4.78, 5) is 12.3. The maximum absolute atomic E-state index is 12.3. The summed E-state index contributed by atoms with van der Waals surface area (Å²) < 4.78 is 16.3. The van der Waals surface area contributed by atoms with Crippen molar-refractivity contribution in [1.82, 2.24) is 5.32 Å². The molecular formula is C23H27N3O4. The summed E-state index contributed by atoms with van der Waals surface area (Å²) >= 11 is 0. The predicted molar refractivity (Wildman–Crippen MR) is 116 cm³/mol. The number of carbonyl (C=O) groups excluding carboxylic acids is 1. The number of hydrogen-bond donors (Lipinski definition) is 2. The van der Waals surface area contributed by atoms with Crippen molar-refractivity contribution >= 4 is 11.6 Å². The predicted octanol–water partition coefficient (Wildman–Crippen LogP) is 3.67. The molecule has 0 aliphatic rings. The van der Waals surface area contributed by atoms with Gasteiger partial charge in [0.05, 0.1) is 20.3 Å². The monoisotopic (exact) mass is 409 g/mol. The average Bonchev–Trinajstić information content (AvgIpc) is 2.76. The number of anilines is 1. The molecule has 0 saturated carbocycles. The Morgan fingerprint density at radius 3 is 2.40 bits per heavy atom. The van der Waals surface area contributed by atoms with Gasteiger partial charge in [0.25, 0.3) is 5.91 Å². The van der Waals surface area contributed by atoms with Gasteiger partial charge in [0.2, 0.25) is 0 Å². The SMILES string of the molecule is CCOc1ccc(CCN/C=C(/C#N)C(=O)Nc2ccc(OC)cc2)cc1OCC. The number of carbonyl (C=O) groups is 1. The molecule has 158 valence electrons. The molecule has 0 bridgehead atoms. The Hall–Kier alpha value is -3.66. The van der Waals surface area contributed by atoms with Gasteiger partial charge in [0.1, 0.15) is 17.4 Å². The second-order valence-corrected chi connectivity index (χ2v) is 6.20. The van der Waals surface area contributed by atoms with Crippen molar-refractivity contribution in [2.75, 3.05) is 32.2 Å². The van der Waals surface area contributed by atoms with Crippen LogP contribution in [0.3, 0.4) is 0 Å². The zero-order valence-electron chi connectivity index (χ0n) is 17.5. The Kier molecular flexibility index (Phi) is 9.07. The summed E-state index contributed by atoms with van der Waals surface area (Å²) in [6.45, 7) is 5.54. The molecule has 0 atom stereocenters. The minimum Gasteiger partial charge on any atom is -0.497 e. The molecule has 2 aromatic carbocycles. The van der Waals surface area contributed by atoms with Crippen LogP contribution in [0.25, 0.3) is 0 Å². The lowest BCUT2D eigenvalue weighted by Crippen LogP contribution is -2.18. The minimum atomic E-state index is -0.477. The zero-order chi connectivity index (χ0) is 21.8. The lowest BCUT2D eigenvalue weighted by atomic mass is 10.1. The summed E-state index contributed by atoms with van der Waals surface area (Å²) in [5.74, 6) is 1.64. The fraction of sp³-hybridized carbons (Fsp3) is 0.304. The molecule has 0 aliphatic heterocycles. The highest BCUT2D eigenvalue weighted by molar-refractivity contribution is 6.06. The standard InChI is InChI=1S/C23H27N3O4/c1-4-29-21-11-6-17(14-22(21)30-5-2)12-13-25-16-18(15-24)23(27)26-19-7-9-20(28-3)10-8-19/h6-11,14,16,25H,4-5,12-13H2,1-3H3,(H,26,27)/b18-16-. The molecule has 2 rings (SSSR count). The topological polar surface area (TPSA) is 92.6 Å². The Morgan fingerprint density at radius 2 is 1.77 bits per heavy atom. The van der Waals surface area contributed by atoms with Crippen molar-refractivity contribution in [3.05, 3.63) is 59.8 Å². The highest BCUT2D eigenvalue weighted by atomic mass is 16.5. The molecule has 7 heteroatoms. The van der Waals surface area contributed by atoms with Crippen LogP contribution in [-0.2, 0) is 11.2 Å². The van der Waals surface area contributed by atoms with E-state index in [0.29, 0.717) is 43.4 Å². The lowest BCUT2D eigenvalue weighted by molar-refractivity contribution is -0.112. The smallest absolute Gasteiger partial charge is 0.267 e. The van der Waals surface area contributed by atoms with E-state index in [4.69, 9.17) is 14.2 Å². The molecule has 7 nitrogen and oxygen atoms in total. The van der Waals surface area contributed by atoms with Gasteiger partial charge >= 0.3 is 0 Å². The second-order valence-electron chi connectivity index (χ2n) is 6.20. The third-order valence-corrected chi connectivity index (χ3v) is 4.13. The van der Waals surface area contributed by atoms with Gasteiger partial charge in [-0.3, -0.25) is 4.79 Å². The van der Waals surface area contributed by atoms with Crippen molar-refractivity contribution in [2.24, 2.45) is 0 Å². The fourth-order valence-electron chi connectivity index (χ4n) is 2.66. The third kappa shape index (κ3) is 6.74. The first-order valence-electron chi connectivity index (χ1n) is 9.78. The Morgan fingerprint density at radius 1 is 1.07 bits per heavy atom. The summed E-state index contributed by atoms with van der Waals surface area (Å²) in [6.07, 6.45) is 2.12. The molecule has 0 spiro atoms. The van der Waals surface area contributed by atoms with Crippen LogP contribution in [0.1, 0.15) is 19.4 Å². The van der Waals surface area contributed by atoms with Gasteiger partial charge in [0, 0.05) is 18.4 Å². The van der Waals surface area contributed by atoms with Gasteiger partial charge in [-0.2, -0.15) is 5.26 Å². The summed E-state index contributed by atoms with van der Waals surface area (Å²) in [6, 6.07) is 14.6. The molecular weight excluding hydrogens is 382 g/mol. The molecule has 0 unspecified atom stereocenters. The Labute approximate surface area is 177 Å². The summed E-state index contributed by atoms with van der Waals surface area (Å²) in [5, 5.41) is 15.0. The van der Waals surface area contributed by atoms with E-state index in [-0.39, 0.29) is 5.57 Å². The molecule has 0 aromatic heterocycles. The number of amides is 1. The highest BCUT2D eigenvalue weighted by Gasteiger charge is 2.10. The fourth-order valence-corrected chi connectivity index (χ4v) is 2.66. The highest BCUT2D eigenvalue weighted by Crippen LogP contribution is 2.28. The van der Waals surface area contributed by atoms with Crippen LogP contribution < -0.4 is 24.8 Å². The first-order valence-corrected chi connectivity index (χ1v) is 9.78. The number of nitrogens with zero attached hydrogens (tertiary/aromatic N) is 1. The first-order chi connectivity index (χ1) is 14.6. The Bertz CT molecular complexity index is 902. The number of hydrogen-bond acceptors (Lipinski definition) is 6. The van der Waals surface area contributed by atoms with Gasteiger partial charge < -0.3 is 24.8 Å². The summed E-state index contributed by atoms with van der Waals surface area (Å²) in [5.41, 5.74) is 1.64. The maximum atomic E-state index is 12.3. The number of rotatable bonds is 11. The van der Waals surface area contributed by atoms with E-state index in [2.05, 4.69) is 10.6 Å². The van der Waals surface area contributed by atoms with Crippen LogP contribution in [0.5, 0.6) is 17.2 Å². The molecule has 2 aromatic rings. The second kappa shape index (κ2) is 12.0. The molecule has 0 fully saturated rings. The molecule has 0 saturated heterocycles. The average molecular weight is 409 g/mol. The van der Waals surface area contributed by atoms with E-state index in [9.17, 15) is 10.1 Å². The van der Waals surface area contributed by atoms with Crippen LogP contribution in [0.2, 0.25) is 0 Å². The van der Waals surface area contributed by atoms with Crippen molar-refractivity contribution in [3.63, 3.8) is 0 Å². The minimum absolute atomic E-state index is 0.00693. The van der Waals surface area contributed by atoms with Gasteiger partial charge in [-0.05, 0) is 62.2 Å². The molecule has 0 aliphatic carbocycles. The molecule has 2 N–H and O–H groups in total. The van der Waals surface area contributed by atoms with E-state index in [1.807, 2.05) is 38.1 Å². The zero-order valence-corrected chi connectivity index (χ0v) is 17.5. The third-order valence-electron chi connectivity index (χ3n) is 4.13. The van der Waals surface area contributed by atoms with Crippen molar-refractivity contribution < 1.29 is 19.0 Å².